The third-order valence-electron chi connectivity index (χ3n) is 3.52. The lowest BCUT2D eigenvalue weighted by atomic mass is 10.1. The summed E-state index contributed by atoms with van der Waals surface area (Å²) < 4.78 is 18.4. The van der Waals surface area contributed by atoms with Crippen LogP contribution in [0, 0.1) is 6.92 Å². The summed E-state index contributed by atoms with van der Waals surface area (Å²) in [5, 5.41) is 0.444. The van der Waals surface area contributed by atoms with E-state index in [0.717, 1.165) is 12.2 Å². The largest absolute Gasteiger partial charge is 0.489 e. The van der Waals surface area contributed by atoms with Crippen molar-refractivity contribution in [2.24, 2.45) is 0 Å². The molecule has 1 aliphatic rings. The number of halogens is 1. The highest BCUT2D eigenvalue weighted by atomic mass is 35.5. The van der Waals surface area contributed by atoms with Gasteiger partial charge in [0.05, 0.1) is 26.5 Å². The fourth-order valence-corrected chi connectivity index (χ4v) is 4.31. The molecule has 0 radical (unpaired) electrons. The molecule has 2 aromatic rings. The van der Waals surface area contributed by atoms with E-state index in [2.05, 4.69) is 13.0 Å². The van der Waals surface area contributed by atoms with Crippen LogP contribution in [0.3, 0.4) is 0 Å². The van der Waals surface area contributed by atoms with Crippen LogP contribution in [0.15, 0.2) is 41.3 Å². The van der Waals surface area contributed by atoms with Gasteiger partial charge in [0.2, 0.25) is 0 Å². The first kappa shape index (κ1) is 14.4. The van der Waals surface area contributed by atoms with Crippen molar-refractivity contribution in [1.29, 1.82) is 0 Å². The quantitative estimate of drug-likeness (QED) is 0.882. The lowest BCUT2D eigenvalue weighted by molar-refractivity contribution is 0.258. The highest BCUT2D eigenvalue weighted by Gasteiger charge is 2.26. The molecule has 0 fully saturated rings. The van der Waals surface area contributed by atoms with E-state index < -0.39 is 10.8 Å². The number of nitrogens with two attached hydrogens (primary N) is 1. The molecule has 1 aliphatic heterocycles. The summed E-state index contributed by atoms with van der Waals surface area (Å²) in [6, 6.07) is 11.3. The number of nitrogen functional groups attached to an aromatic ring is 1. The Labute approximate surface area is 131 Å². The van der Waals surface area contributed by atoms with E-state index in [4.69, 9.17) is 22.1 Å². The number of anilines is 1. The maximum atomic E-state index is 12.5. The number of benzene rings is 2. The van der Waals surface area contributed by atoms with E-state index in [-0.39, 0.29) is 6.10 Å². The number of hydrogen-bond donors (Lipinski definition) is 1. The Balaban J connectivity index is 1.76. The number of fused-ring (bicyclic) bond motifs is 1. The van der Waals surface area contributed by atoms with Gasteiger partial charge in [0.25, 0.3) is 0 Å². The smallest absolute Gasteiger partial charge is 0.123 e. The van der Waals surface area contributed by atoms with Gasteiger partial charge in [0.15, 0.2) is 0 Å². The molecule has 2 unspecified atom stereocenters. The van der Waals surface area contributed by atoms with Gasteiger partial charge in [-0.25, -0.2) is 0 Å². The third-order valence-corrected chi connectivity index (χ3v) is 5.53. The van der Waals surface area contributed by atoms with Crippen molar-refractivity contribution < 1.29 is 8.95 Å². The zero-order valence-electron chi connectivity index (χ0n) is 11.6. The Morgan fingerprint density at radius 3 is 2.95 bits per heavy atom. The van der Waals surface area contributed by atoms with Crippen molar-refractivity contribution in [3.8, 4) is 5.75 Å². The van der Waals surface area contributed by atoms with Gasteiger partial charge in [-0.2, -0.15) is 0 Å². The second-order valence-electron chi connectivity index (χ2n) is 5.23. The molecule has 5 heteroatoms. The Morgan fingerprint density at radius 2 is 2.19 bits per heavy atom. The molecule has 0 aliphatic carbocycles. The molecular formula is C16H16ClNO2S. The van der Waals surface area contributed by atoms with E-state index in [1.54, 1.807) is 18.2 Å². The molecule has 3 rings (SSSR count). The molecule has 2 atom stereocenters. The molecule has 110 valence electrons. The van der Waals surface area contributed by atoms with Crippen LogP contribution in [0.2, 0.25) is 5.02 Å². The molecule has 0 bridgehead atoms. The van der Waals surface area contributed by atoms with Crippen molar-refractivity contribution in [2.75, 3.05) is 11.5 Å². The summed E-state index contributed by atoms with van der Waals surface area (Å²) in [4.78, 5) is 0.509. The van der Waals surface area contributed by atoms with Crippen LogP contribution < -0.4 is 10.5 Å². The van der Waals surface area contributed by atoms with Crippen molar-refractivity contribution in [3.63, 3.8) is 0 Å². The summed E-state index contributed by atoms with van der Waals surface area (Å²) >= 11 is 6.11. The third kappa shape index (κ3) is 2.92. The predicted octanol–water partition coefficient (Wildman–Crippen LogP) is 3.34. The molecular weight excluding hydrogens is 306 g/mol. The van der Waals surface area contributed by atoms with Crippen LogP contribution in [0.4, 0.5) is 5.69 Å². The lowest BCUT2D eigenvalue weighted by Crippen LogP contribution is -2.22. The predicted molar refractivity (Wildman–Crippen MR) is 86.4 cm³/mol. The SMILES string of the molecule is Cc1ccc2c(c1)CC(CS(=O)c1c(N)cccc1Cl)O2. The molecule has 0 saturated carbocycles. The van der Waals surface area contributed by atoms with Crippen molar-refractivity contribution in [2.45, 2.75) is 24.3 Å². The number of rotatable bonds is 3. The summed E-state index contributed by atoms with van der Waals surface area (Å²) in [5.41, 5.74) is 8.72. The Bertz CT molecular complexity index is 697. The number of ether oxygens (including phenoxy) is 1. The van der Waals surface area contributed by atoms with Crippen LogP contribution in [-0.2, 0) is 17.2 Å². The molecule has 21 heavy (non-hydrogen) atoms. The summed E-state index contributed by atoms with van der Waals surface area (Å²) in [5.74, 6) is 1.27. The molecule has 2 N–H and O–H groups in total. The maximum absolute atomic E-state index is 12.5. The summed E-state index contributed by atoms with van der Waals surface area (Å²) in [7, 11) is -1.27. The fourth-order valence-electron chi connectivity index (χ4n) is 2.56. The van der Waals surface area contributed by atoms with Crippen molar-refractivity contribution >= 4 is 28.1 Å². The fraction of sp³-hybridized carbons (Fsp3) is 0.250. The van der Waals surface area contributed by atoms with Crippen LogP contribution in [0.5, 0.6) is 5.75 Å². The first-order valence-electron chi connectivity index (χ1n) is 6.73. The maximum Gasteiger partial charge on any atom is 0.123 e. The van der Waals surface area contributed by atoms with Crippen LogP contribution >= 0.6 is 11.6 Å². The minimum atomic E-state index is -1.27. The minimum absolute atomic E-state index is 0.0988. The zero-order valence-corrected chi connectivity index (χ0v) is 13.2. The van der Waals surface area contributed by atoms with E-state index >= 15 is 0 Å². The standard InChI is InChI=1S/C16H16ClNO2S/c1-10-5-6-15-11(7-10)8-12(20-15)9-21(19)16-13(17)3-2-4-14(16)18/h2-7,12H,8-9,18H2,1H3. The average molecular weight is 322 g/mol. The van der Waals surface area contributed by atoms with Gasteiger partial charge in [-0.3, -0.25) is 4.21 Å². The van der Waals surface area contributed by atoms with Crippen molar-refractivity contribution in [1.82, 2.24) is 0 Å². The van der Waals surface area contributed by atoms with Gasteiger partial charge < -0.3 is 10.5 Å². The molecule has 1 heterocycles. The van der Waals surface area contributed by atoms with Gasteiger partial charge in [0.1, 0.15) is 11.9 Å². The van der Waals surface area contributed by atoms with E-state index in [0.29, 0.717) is 21.4 Å². The Hall–Kier alpha value is -1.52. The van der Waals surface area contributed by atoms with Gasteiger partial charge >= 0.3 is 0 Å². The van der Waals surface area contributed by atoms with Gasteiger partial charge in [-0.05, 0) is 30.7 Å². The summed E-state index contributed by atoms with van der Waals surface area (Å²) in [6.45, 7) is 2.05. The van der Waals surface area contributed by atoms with Gasteiger partial charge in [0, 0.05) is 12.1 Å². The number of aryl methyl sites for hydroxylation is 1. The second-order valence-corrected chi connectivity index (χ2v) is 7.07. The van der Waals surface area contributed by atoms with Crippen molar-refractivity contribution in [3.05, 3.63) is 52.5 Å². The highest BCUT2D eigenvalue weighted by Crippen LogP contribution is 2.32. The second kappa shape index (κ2) is 5.70. The molecule has 2 aromatic carbocycles. The first-order chi connectivity index (χ1) is 10.0. The van der Waals surface area contributed by atoms with Crippen LogP contribution in [-0.4, -0.2) is 16.1 Å². The van der Waals surface area contributed by atoms with E-state index in [1.807, 2.05) is 12.1 Å². The van der Waals surface area contributed by atoms with Gasteiger partial charge in [-0.15, -0.1) is 0 Å². The van der Waals surface area contributed by atoms with E-state index in [1.165, 1.54) is 11.1 Å². The minimum Gasteiger partial charge on any atom is -0.489 e. The normalized spacial score (nSPS) is 18.1. The molecule has 0 saturated heterocycles. The number of hydrogen-bond acceptors (Lipinski definition) is 3. The first-order valence-corrected chi connectivity index (χ1v) is 8.43. The molecule has 0 amide bonds. The highest BCUT2D eigenvalue weighted by molar-refractivity contribution is 7.85. The van der Waals surface area contributed by atoms with Crippen LogP contribution in [0.1, 0.15) is 11.1 Å². The molecule has 0 aromatic heterocycles. The Morgan fingerprint density at radius 1 is 1.38 bits per heavy atom. The summed E-state index contributed by atoms with van der Waals surface area (Å²) in [6.07, 6.45) is 0.672. The lowest BCUT2D eigenvalue weighted by Gasteiger charge is -2.12. The average Bonchev–Trinajstić information content (AvgIpc) is 2.79. The molecule has 3 nitrogen and oxygen atoms in total. The Kier molecular flexibility index (Phi) is 3.91. The zero-order chi connectivity index (χ0) is 15.0. The van der Waals surface area contributed by atoms with Gasteiger partial charge in [-0.1, -0.05) is 35.4 Å². The topological polar surface area (TPSA) is 52.3 Å². The van der Waals surface area contributed by atoms with E-state index in [9.17, 15) is 4.21 Å². The van der Waals surface area contributed by atoms with Crippen LogP contribution in [0.25, 0.3) is 0 Å². The molecule has 0 spiro atoms. The monoisotopic (exact) mass is 321 g/mol.